The molecule has 0 bridgehead atoms. The van der Waals surface area contributed by atoms with Crippen LogP contribution < -0.4 is 15.0 Å². The molecule has 0 spiro atoms. The van der Waals surface area contributed by atoms with Crippen molar-refractivity contribution in [3.63, 3.8) is 0 Å². The molecule has 0 unspecified atom stereocenters. The highest BCUT2D eigenvalue weighted by Crippen LogP contribution is 2.29. The Bertz CT molecular complexity index is 963. The van der Waals surface area contributed by atoms with Gasteiger partial charge in [0.1, 0.15) is 5.75 Å². The van der Waals surface area contributed by atoms with Gasteiger partial charge in [-0.15, -0.1) is 0 Å². The van der Waals surface area contributed by atoms with Crippen molar-refractivity contribution >= 4 is 46.5 Å². The van der Waals surface area contributed by atoms with Crippen LogP contribution in [-0.2, 0) is 14.3 Å². The van der Waals surface area contributed by atoms with Gasteiger partial charge in [-0.05, 0) is 49.7 Å². The summed E-state index contributed by atoms with van der Waals surface area (Å²) in [4.78, 5) is 27.5. The second-order valence-electron chi connectivity index (χ2n) is 7.29. The number of esters is 1. The van der Waals surface area contributed by atoms with Crippen molar-refractivity contribution < 1.29 is 23.8 Å². The molecule has 1 saturated heterocycles. The first-order valence-corrected chi connectivity index (χ1v) is 11.2. The number of anilines is 2. The van der Waals surface area contributed by atoms with Crippen molar-refractivity contribution in [2.75, 3.05) is 43.1 Å². The summed E-state index contributed by atoms with van der Waals surface area (Å²) in [5.74, 6) is -0.463. The van der Waals surface area contributed by atoms with E-state index in [4.69, 9.17) is 37.4 Å². The highest BCUT2D eigenvalue weighted by molar-refractivity contribution is 6.35. The molecule has 1 atom stereocenters. The zero-order valence-corrected chi connectivity index (χ0v) is 19.5. The Morgan fingerprint density at radius 1 is 1.16 bits per heavy atom. The number of amides is 1. The van der Waals surface area contributed by atoms with Gasteiger partial charge in [0.05, 0.1) is 36.1 Å². The van der Waals surface area contributed by atoms with Crippen LogP contribution in [0.25, 0.3) is 0 Å². The van der Waals surface area contributed by atoms with Gasteiger partial charge in [-0.1, -0.05) is 30.1 Å². The summed E-state index contributed by atoms with van der Waals surface area (Å²) in [6.45, 7) is 6.39. The van der Waals surface area contributed by atoms with Crippen molar-refractivity contribution in [2.24, 2.45) is 0 Å². The fourth-order valence-corrected chi connectivity index (χ4v) is 3.64. The molecule has 1 aliphatic rings. The van der Waals surface area contributed by atoms with E-state index in [9.17, 15) is 9.59 Å². The van der Waals surface area contributed by atoms with E-state index in [-0.39, 0.29) is 5.91 Å². The highest BCUT2D eigenvalue weighted by atomic mass is 35.5. The number of hydrogen-bond donors (Lipinski definition) is 1. The number of nitrogens with zero attached hydrogens (tertiary/aromatic N) is 1. The van der Waals surface area contributed by atoms with Gasteiger partial charge in [0.15, 0.2) is 6.10 Å². The third-order valence-corrected chi connectivity index (χ3v) is 5.37. The molecule has 172 valence electrons. The minimum absolute atomic E-state index is 0.313. The number of hydrogen-bond acceptors (Lipinski definition) is 6. The molecule has 0 aromatic heterocycles. The van der Waals surface area contributed by atoms with E-state index in [1.807, 2.05) is 13.0 Å². The monoisotopic (exact) mass is 480 g/mol. The summed E-state index contributed by atoms with van der Waals surface area (Å²) in [6, 6.07) is 9.97. The van der Waals surface area contributed by atoms with E-state index in [2.05, 4.69) is 10.2 Å². The first kappa shape index (κ1) is 24.2. The summed E-state index contributed by atoms with van der Waals surface area (Å²) >= 11 is 12.0. The number of halogens is 2. The van der Waals surface area contributed by atoms with Crippen molar-refractivity contribution in [1.29, 1.82) is 0 Å². The molecule has 32 heavy (non-hydrogen) atoms. The van der Waals surface area contributed by atoms with Gasteiger partial charge in [-0.25, -0.2) is 4.79 Å². The Labute approximate surface area is 197 Å². The van der Waals surface area contributed by atoms with Gasteiger partial charge in [-0.3, -0.25) is 4.79 Å². The maximum atomic E-state index is 12.7. The third-order valence-electron chi connectivity index (χ3n) is 4.84. The molecular weight excluding hydrogens is 455 g/mol. The van der Waals surface area contributed by atoms with E-state index in [1.165, 1.54) is 0 Å². The second kappa shape index (κ2) is 11.4. The lowest BCUT2D eigenvalue weighted by atomic mass is 10.1. The molecule has 9 heteroatoms. The molecule has 1 fully saturated rings. The van der Waals surface area contributed by atoms with E-state index < -0.39 is 12.1 Å². The summed E-state index contributed by atoms with van der Waals surface area (Å²) in [5.41, 5.74) is 1.62. The Morgan fingerprint density at radius 3 is 2.59 bits per heavy atom. The molecular formula is C23H26Cl2N2O5. The van der Waals surface area contributed by atoms with Crippen LogP contribution in [0.15, 0.2) is 36.4 Å². The van der Waals surface area contributed by atoms with E-state index in [1.54, 1.807) is 37.3 Å². The normalized spacial score (nSPS) is 14.6. The van der Waals surface area contributed by atoms with Crippen molar-refractivity contribution in [1.82, 2.24) is 0 Å². The molecule has 3 rings (SSSR count). The van der Waals surface area contributed by atoms with Gasteiger partial charge >= 0.3 is 5.97 Å². The van der Waals surface area contributed by atoms with Gasteiger partial charge in [0.25, 0.3) is 5.91 Å². The molecule has 2 aromatic carbocycles. The molecule has 7 nitrogen and oxygen atoms in total. The minimum Gasteiger partial charge on any atom is -0.479 e. The summed E-state index contributed by atoms with van der Waals surface area (Å²) in [7, 11) is 0. The summed E-state index contributed by atoms with van der Waals surface area (Å²) in [5, 5.41) is 3.58. The number of morpholine rings is 1. The number of carbonyl (C=O) groups is 2. The Morgan fingerprint density at radius 2 is 1.91 bits per heavy atom. The molecule has 1 heterocycles. The molecule has 0 radical (unpaired) electrons. The SMILES string of the molecule is CCCOC(=O)c1cc(NC(=O)[C@@H](C)Oc2ccc(Cl)cc2Cl)ccc1N1CCOCC1. The van der Waals surface area contributed by atoms with Crippen molar-refractivity contribution in [2.45, 2.75) is 26.4 Å². The van der Waals surface area contributed by atoms with Gasteiger partial charge in [0, 0.05) is 23.8 Å². The highest BCUT2D eigenvalue weighted by Gasteiger charge is 2.22. The van der Waals surface area contributed by atoms with Crippen LogP contribution in [0.3, 0.4) is 0 Å². The van der Waals surface area contributed by atoms with Crippen LogP contribution in [0.5, 0.6) is 5.75 Å². The van der Waals surface area contributed by atoms with Gasteiger partial charge in [-0.2, -0.15) is 0 Å². The van der Waals surface area contributed by atoms with Crippen LogP contribution >= 0.6 is 23.2 Å². The number of benzene rings is 2. The number of rotatable bonds is 8. The number of carbonyl (C=O) groups excluding carboxylic acids is 2. The van der Waals surface area contributed by atoms with Crippen LogP contribution in [0.4, 0.5) is 11.4 Å². The Kier molecular flexibility index (Phi) is 8.61. The topological polar surface area (TPSA) is 77.1 Å². The zero-order valence-electron chi connectivity index (χ0n) is 18.0. The molecule has 1 aliphatic heterocycles. The first-order valence-electron chi connectivity index (χ1n) is 10.5. The lowest BCUT2D eigenvalue weighted by Gasteiger charge is -2.30. The molecule has 0 aliphatic carbocycles. The van der Waals surface area contributed by atoms with E-state index in [0.717, 1.165) is 12.1 Å². The number of ether oxygens (including phenoxy) is 3. The largest absolute Gasteiger partial charge is 0.479 e. The quantitative estimate of drug-likeness (QED) is 0.546. The molecule has 2 aromatic rings. The van der Waals surface area contributed by atoms with Crippen molar-refractivity contribution in [3.8, 4) is 5.75 Å². The maximum Gasteiger partial charge on any atom is 0.340 e. The van der Waals surface area contributed by atoms with Gasteiger partial charge < -0.3 is 24.4 Å². The zero-order chi connectivity index (χ0) is 23.1. The van der Waals surface area contributed by atoms with E-state index in [0.29, 0.717) is 60.0 Å². The standard InChI is InChI=1S/C23H26Cl2N2O5/c1-3-10-31-23(29)18-14-17(5-6-20(18)27-8-11-30-12-9-27)26-22(28)15(2)32-21-7-4-16(24)13-19(21)25/h4-7,13-15H,3,8-12H2,1-2H3,(H,26,28)/t15-/m1/s1. The average molecular weight is 481 g/mol. The molecule has 1 amide bonds. The van der Waals surface area contributed by atoms with Crippen molar-refractivity contribution in [3.05, 3.63) is 52.0 Å². The Balaban J connectivity index is 1.76. The molecule has 0 saturated carbocycles. The second-order valence-corrected chi connectivity index (χ2v) is 8.13. The fraction of sp³-hybridized carbons (Fsp3) is 0.391. The predicted molar refractivity (Wildman–Crippen MR) is 125 cm³/mol. The smallest absolute Gasteiger partial charge is 0.340 e. The maximum absolute atomic E-state index is 12.7. The Hall–Kier alpha value is -2.48. The van der Waals surface area contributed by atoms with Crippen LogP contribution in [-0.4, -0.2) is 50.9 Å². The summed E-state index contributed by atoms with van der Waals surface area (Å²) in [6.07, 6.45) is -0.111. The van der Waals surface area contributed by atoms with Crippen LogP contribution in [0.1, 0.15) is 30.6 Å². The van der Waals surface area contributed by atoms with Crippen LogP contribution in [0, 0.1) is 0 Å². The predicted octanol–water partition coefficient (Wildman–Crippen LogP) is 4.80. The average Bonchev–Trinajstić information content (AvgIpc) is 2.79. The van der Waals surface area contributed by atoms with Gasteiger partial charge in [0.2, 0.25) is 0 Å². The van der Waals surface area contributed by atoms with Crippen LogP contribution in [0.2, 0.25) is 10.0 Å². The number of nitrogens with one attached hydrogen (secondary N) is 1. The fourth-order valence-electron chi connectivity index (χ4n) is 3.19. The van der Waals surface area contributed by atoms with E-state index >= 15 is 0 Å². The lowest BCUT2D eigenvalue weighted by molar-refractivity contribution is -0.122. The minimum atomic E-state index is -0.830. The third kappa shape index (κ3) is 6.28. The lowest BCUT2D eigenvalue weighted by Crippen LogP contribution is -2.37. The molecule has 1 N–H and O–H groups in total. The first-order chi connectivity index (χ1) is 15.4. The summed E-state index contributed by atoms with van der Waals surface area (Å²) < 4.78 is 16.4.